The maximum absolute atomic E-state index is 11.1. The Balaban J connectivity index is 3.11. The van der Waals surface area contributed by atoms with Gasteiger partial charge in [-0.05, 0) is 13.8 Å². The molecule has 204 valence electrons. The first-order chi connectivity index (χ1) is 16.9. The van der Waals surface area contributed by atoms with E-state index in [4.69, 9.17) is 37.9 Å². The van der Waals surface area contributed by atoms with Gasteiger partial charge in [0, 0.05) is 24.2 Å². The number of ether oxygens (including phenoxy) is 8. The first-order valence-electron chi connectivity index (χ1n) is 11.8. The molecule has 0 aromatic rings. The summed E-state index contributed by atoms with van der Waals surface area (Å²) in [6, 6.07) is 0. The Morgan fingerprint density at radius 1 is 0.486 bits per heavy atom. The minimum absolute atomic E-state index is 0.203. The summed E-state index contributed by atoms with van der Waals surface area (Å²) < 4.78 is 42.1. The van der Waals surface area contributed by atoms with Gasteiger partial charge in [-0.15, -0.1) is 0 Å². The highest BCUT2D eigenvalue weighted by Crippen LogP contribution is 1.92. The standard InChI is InChI=1S/C24H43NO10/c1-21(2)23(26)34-19-17-32-15-13-30-11-9-28-7-5-25-6-8-29-10-12-31-14-16-33-18-20-35-24(27)22(3)4/h25H,1,3,5-20H2,2,4H3. The first kappa shape index (κ1) is 33.1. The molecule has 0 fully saturated rings. The Kier molecular flexibility index (Phi) is 23.9. The van der Waals surface area contributed by atoms with Crippen LogP contribution in [0, 0.1) is 0 Å². The van der Waals surface area contributed by atoms with Crippen LogP contribution in [0.5, 0.6) is 0 Å². The minimum Gasteiger partial charge on any atom is -0.460 e. The minimum atomic E-state index is -0.411. The molecule has 0 bridgehead atoms. The summed E-state index contributed by atoms with van der Waals surface area (Å²) >= 11 is 0. The number of carbonyl (C=O) groups excluding carboxylic acids is 2. The highest BCUT2D eigenvalue weighted by atomic mass is 16.6. The zero-order valence-electron chi connectivity index (χ0n) is 21.3. The molecule has 0 aromatic carbocycles. The molecule has 35 heavy (non-hydrogen) atoms. The van der Waals surface area contributed by atoms with E-state index in [1.165, 1.54) is 0 Å². The third-order valence-electron chi connectivity index (χ3n) is 3.95. The van der Waals surface area contributed by atoms with Gasteiger partial charge in [0.2, 0.25) is 0 Å². The smallest absolute Gasteiger partial charge is 0.333 e. The number of nitrogens with one attached hydrogen (secondary N) is 1. The van der Waals surface area contributed by atoms with Crippen LogP contribution in [0.2, 0.25) is 0 Å². The molecule has 0 heterocycles. The third-order valence-corrected chi connectivity index (χ3v) is 3.95. The van der Waals surface area contributed by atoms with Gasteiger partial charge in [-0.1, -0.05) is 13.2 Å². The topological polar surface area (TPSA) is 120 Å². The van der Waals surface area contributed by atoms with Crippen molar-refractivity contribution in [3.05, 3.63) is 24.3 Å². The lowest BCUT2D eigenvalue weighted by Crippen LogP contribution is -2.25. The van der Waals surface area contributed by atoms with E-state index in [1.807, 2.05) is 0 Å². The third kappa shape index (κ3) is 25.0. The van der Waals surface area contributed by atoms with Crippen LogP contribution in [0.15, 0.2) is 24.3 Å². The summed E-state index contributed by atoms with van der Waals surface area (Å²) in [5.74, 6) is -0.822. The molecule has 0 aliphatic heterocycles. The molecule has 0 radical (unpaired) electrons. The quantitative estimate of drug-likeness (QED) is 0.103. The van der Waals surface area contributed by atoms with Gasteiger partial charge in [-0.3, -0.25) is 0 Å². The SMILES string of the molecule is C=C(C)C(=O)OCCOCCOCCOCCNCCOCCOCCOCCOC(=O)C(=C)C. The molecule has 0 saturated heterocycles. The van der Waals surface area contributed by atoms with E-state index < -0.39 is 11.9 Å². The van der Waals surface area contributed by atoms with Crippen molar-refractivity contribution in [2.45, 2.75) is 13.8 Å². The summed E-state index contributed by atoms with van der Waals surface area (Å²) in [6.07, 6.45) is 0. The van der Waals surface area contributed by atoms with Gasteiger partial charge in [-0.2, -0.15) is 0 Å². The molecule has 0 atom stereocenters. The summed E-state index contributed by atoms with van der Waals surface area (Å²) in [5.41, 5.74) is 0.743. The summed E-state index contributed by atoms with van der Waals surface area (Å²) in [6.45, 7) is 17.7. The Labute approximate surface area is 209 Å². The number of esters is 2. The number of rotatable bonds is 26. The van der Waals surface area contributed by atoms with Gasteiger partial charge in [0.05, 0.1) is 79.3 Å². The molecule has 0 aromatic heterocycles. The molecule has 11 heteroatoms. The Hall–Kier alpha value is -1.86. The average Bonchev–Trinajstić information content (AvgIpc) is 2.83. The Morgan fingerprint density at radius 3 is 1.03 bits per heavy atom. The van der Waals surface area contributed by atoms with Crippen LogP contribution < -0.4 is 5.32 Å². The fraction of sp³-hybridized carbons (Fsp3) is 0.750. The molecular formula is C24H43NO10. The normalized spacial score (nSPS) is 10.8. The molecule has 11 nitrogen and oxygen atoms in total. The van der Waals surface area contributed by atoms with E-state index in [9.17, 15) is 9.59 Å². The van der Waals surface area contributed by atoms with E-state index in [0.717, 1.165) is 13.1 Å². The van der Waals surface area contributed by atoms with Gasteiger partial charge in [0.25, 0.3) is 0 Å². The van der Waals surface area contributed by atoms with Crippen LogP contribution in [0.1, 0.15) is 13.8 Å². The van der Waals surface area contributed by atoms with Gasteiger partial charge in [-0.25, -0.2) is 9.59 Å². The predicted octanol–water partition coefficient (Wildman–Crippen LogP) is 0.914. The lowest BCUT2D eigenvalue weighted by Gasteiger charge is -2.09. The maximum Gasteiger partial charge on any atom is 0.333 e. The Bertz CT molecular complexity index is 523. The van der Waals surface area contributed by atoms with Crippen molar-refractivity contribution in [1.29, 1.82) is 0 Å². The predicted molar refractivity (Wildman–Crippen MR) is 129 cm³/mol. The van der Waals surface area contributed by atoms with Gasteiger partial charge in [0.1, 0.15) is 13.2 Å². The molecule has 0 amide bonds. The van der Waals surface area contributed by atoms with E-state index in [0.29, 0.717) is 90.4 Å². The van der Waals surface area contributed by atoms with Gasteiger partial charge < -0.3 is 43.2 Å². The second kappa shape index (κ2) is 25.2. The number of hydrogen-bond acceptors (Lipinski definition) is 11. The Morgan fingerprint density at radius 2 is 0.743 bits per heavy atom. The van der Waals surface area contributed by atoms with Gasteiger partial charge >= 0.3 is 11.9 Å². The fourth-order valence-corrected chi connectivity index (χ4v) is 2.13. The van der Waals surface area contributed by atoms with Crippen LogP contribution in [-0.4, -0.2) is 118 Å². The summed E-state index contributed by atoms with van der Waals surface area (Å²) in [4.78, 5) is 22.3. The van der Waals surface area contributed by atoms with Crippen LogP contribution in [0.25, 0.3) is 0 Å². The number of carbonyl (C=O) groups is 2. The molecule has 0 spiro atoms. The van der Waals surface area contributed by atoms with Crippen molar-refractivity contribution < 1.29 is 47.5 Å². The van der Waals surface area contributed by atoms with Crippen molar-refractivity contribution in [1.82, 2.24) is 5.32 Å². The molecule has 1 N–H and O–H groups in total. The van der Waals surface area contributed by atoms with Crippen LogP contribution >= 0.6 is 0 Å². The van der Waals surface area contributed by atoms with Crippen LogP contribution in [-0.2, 0) is 47.5 Å². The van der Waals surface area contributed by atoms with E-state index in [-0.39, 0.29) is 13.2 Å². The molecule has 0 unspecified atom stereocenters. The average molecular weight is 506 g/mol. The van der Waals surface area contributed by atoms with Crippen molar-refractivity contribution >= 4 is 11.9 Å². The van der Waals surface area contributed by atoms with E-state index in [1.54, 1.807) is 13.8 Å². The van der Waals surface area contributed by atoms with Crippen molar-refractivity contribution in [2.75, 3.05) is 106 Å². The van der Waals surface area contributed by atoms with Crippen molar-refractivity contribution in [2.24, 2.45) is 0 Å². The zero-order valence-corrected chi connectivity index (χ0v) is 21.3. The summed E-state index contributed by atoms with van der Waals surface area (Å²) in [5, 5.41) is 3.22. The fourth-order valence-electron chi connectivity index (χ4n) is 2.13. The van der Waals surface area contributed by atoms with Crippen molar-refractivity contribution in [3.63, 3.8) is 0 Å². The molecule has 0 aliphatic rings. The molecule has 0 aliphatic carbocycles. The van der Waals surface area contributed by atoms with Crippen molar-refractivity contribution in [3.8, 4) is 0 Å². The molecule has 0 saturated carbocycles. The van der Waals surface area contributed by atoms with E-state index >= 15 is 0 Å². The van der Waals surface area contributed by atoms with Crippen LogP contribution in [0.4, 0.5) is 0 Å². The first-order valence-corrected chi connectivity index (χ1v) is 11.8. The van der Waals surface area contributed by atoms with Crippen LogP contribution in [0.3, 0.4) is 0 Å². The second-order valence-corrected chi connectivity index (χ2v) is 7.26. The molecule has 0 rings (SSSR count). The molecular weight excluding hydrogens is 462 g/mol. The monoisotopic (exact) mass is 505 g/mol. The summed E-state index contributed by atoms with van der Waals surface area (Å²) in [7, 11) is 0. The largest absolute Gasteiger partial charge is 0.460 e. The maximum atomic E-state index is 11.1. The second-order valence-electron chi connectivity index (χ2n) is 7.26. The highest BCUT2D eigenvalue weighted by molar-refractivity contribution is 5.87. The highest BCUT2D eigenvalue weighted by Gasteiger charge is 2.02. The lowest BCUT2D eigenvalue weighted by molar-refractivity contribution is -0.141. The van der Waals surface area contributed by atoms with E-state index in [2.05, 4.69) is 18.5 Å². The lowest BCUT2D eigenvalue weighted by atomic mass is 10.4. The zero-order chi connectivity index (χ0) is 26.0. The number of hydrogen-bond donors (Lipinski definition) is 1. The van der Waals surface area contributed by atoms with Gasteiger partial charge in [0.15, 0.2) is 0 Å².